The summed E-state index contributed by atoms with van der Waals surface area (Å²) in [5, 5.41) is 11.5. The number of carbonyl (C=O) groups excluding carboxylic acids is 1. The van der Waals surface area contributed by atoms with Gasteiger partial charge >= 0.3 is 11.6 Å². The van der Waals surface area contributed by atoms with E-state index in [1.54, 1.807) is 24.3 Å². The van der Waals surface area contributed by atoms with Crippen molar-refractivity contribution in [3.63, 3.8) is 0 Å². The fourth-order valence-corrected chi connectivity index (χ4v) is 1.56. The van der Waals surface area contributed by atoms with Crippen molar-refractivity contribution in [1.29, 1.82) is 0 Å². The second-order valence-corrected chi connectivity index (χ2v) is 4.02. The maximum absolute atomic E-state index is 11.8. The molecule has 98 valence electrons. The molecule has 0 unspecified atom stereocenters. The van der Waals surface area contributed by atoms with Gasteiger partial charge in [-0.1, -0.05) is 18.2 Å². The molecule has 1 aromatic carbocycles. The third-order valence-electron chi connectivity index (χ3n) is 2.60. The third-order valence-corrected chi connectivity index (χ3v) is 2.60. The van der Waals surface area contributed by atoms with E-state index in [1.165, 1.54) is 13.0 Å². The fraction of sp³-hybridized carbons (Fsp3) is 0.154. The van der Waals surface area contributed by atoms with Crippen LogP contribution in [0.3, 0.4) is 0 Å². The molecule has 0 radical (unpaired) electrons. The number of amides is 1. The zero-order valence-corrected chi connectivity index (χ0v) is 10.0. The Morgan fingerprint density at radius 2 is 2.00 bits per heavy atom. The number of carboxylic acids is 1. The van der Waals surface area contributed by atoms with Crippen molar-refractivity contribution in [2.75, 3.05) is 0 Å². The Morgan fingerprint density at radius 3 is 2.68 bits per heavy atom. The lowest BCUT2D eigenvalue weighted by Crippen LogP contribution is -2.40. The standard InChI is InChI=1S/C13H11NO5/c1-7(12(16)17)14-11(15)9-6-8-4-2-3-5-10(8)19-13(9)18/h2-7H,1H3,(H,14,15)(H,16,17)/t7-/m0/s1. The summed E-state index contributed by atoms with van der Waals surface area (Å²) in [6.07, 6.45) is 0. The highest BCUT2D eigenvalue weighted by molar-refractivity contribution is 5.98. The minimum Gasteiger partial charge on any atom is -0.480 e. The van der Waals surface area contributed by atoms with Crippen LogP contribution in [0.2, 0.25) is 0 Å². The number of hydrogen-bond donors (Lipinski definition) is 2. The minimum atomic E-state index is -1.18. The molecule has 0 aliphatic heterocycles. The van der Waals surface area contributed by atoms with Gasteiger partial charge in [0.05, 0.1) is 0 Å². The monoisotopic (exact) mass is 261 g/mol. The van der Waals surface area contributed by atoms with Crippen molar-refractivity contribution in [3.8, 4) is 0 Å². The van der Waals surface area contributed by atoms with E-state index in [1.807, 2.05) is 0 Å². The first-order valence-corrected chi connectivity index (χ1v) is 5.55. The summed E-state index contributed by atoms with van der Waals surface area (Å²) < 4.78 is 4.99. The van der Waals surface area contributed by atoms with Crippen LogP contribution in [0, 0.1) is 0 Å². The molecule has 1 amide bonds. The second kappa shape index (κ2) is 4.93. The number of carboxylic acid groups (broad SMARTS) is 1. The summed E-state index contributed by atoms with van der Waals surface area (Å²) in [4.78, 5) is 34.1. The van der Waals surface area contributed by atoms with E-state index in [0.29, 0.717) is 11.0 Å². The fourth-order valence-electron chi connectivity index (χ4n) is 1.56. The SMILES string of the molecule is C[C@H](NC(=O)c1cc2ccccc2oc1=O)C(=O)O. The Labute approximate surface area is 107 Å². The van der Waals surface area contributed by atoms with Gasteiger partial charge in [0.15, 0.2) is 0 Å². The predicted octanol–water partition coefficient (Wildman–Crippen LogP) is 0.996. The Morgan fingerprint density at radius 1 is 1.32 bits per heavy atom. The van der Waals surface area contributed by atoms with Gasteiger partial charge in [-0.25, -0.2) is 4.79 Å². The largest absolute Gasteiger partial charge is 0.480 e. The first-order valence-electron chi connectivity index (χ1n) is 5.55. The Bertz CT molecular complexity index is 703. The molecule has 1 heterocycles. The zero-order valence-electron chi connectivity index (χ0n) is 10.0. The highest BCUT2D eigenvalue weighted by Crippen LogP contribution is 2.12. The molecule has 0 saturated heterocycles. The lowest BCUT2D eigenvalue weighted by molar-refractivity contribution is -0.138. The van der Waals surface area contributed by atoms with Crippen molar-refractivity contribution in [2.45, 2.75) is 13.0 Å². The molecule has 0 spiro atoms. The van der Waals surface area contributed by atoms with Crippen LogP contribution in [0.25, 0.3) is 11.0 Å². The molecule has 0 saturated carbocycles. The van der Waals surface area contributed by atoms with E-state index in [2.05, 4.69) is 5.32 Å². The van der Waals surface area contributed by atoms with Crippen molar-refractivity contribution in [2.24, 2.45) is 0 Å². The van der Waals surface area contributed by atoms with E-state index in [0.717, 1.165) is 0 Å². The van der Waals surface area contributed by atoms with Gasteiger partial charge in [0.25, 0.3) is 5.91 Å². The van der Waals surface area contributed by atoms with Gasteiger partial charge in [0.1, 0.15) is 17.2 Å². The second-order valence-electron chi connectivity index (χ2n) is 4.02. The summed E-state index contributed by atoms with van der Waals surface area (Å²) in [5.74, 6) is -1.95. The number of hydrogen-bond acceptors (Lipinski definition) is 4. The molecule has 0 bridgehead atoms. The van der Waals surface area contributed by atoms with Crippen LogP contribution >= 0.6 is 0 Å². The Kier molecular flexibility index (Phi) is 3.33. The molecule has 6 heteroatoms. The molecule has 0 fully saturated rings. The van der Waals surface area contributed by atoms with Gasteiger partial charge in [-0.2, -0.15) is 0 Å². The first-order chi connectivity index (χ1) is 8.99. The quantitative estimate of drug-likeness (QED) is 0.803. The van der Waals surface area contributed by atoms with Gasteiger partial charge < -0.3 is 14.8 Å². The van der Waals surface area contributed by atoms with Crippen LogP contribution in [-0.4, -0.2) is 23.0 Å². The Hall–Kier alpha value is -2.63. The van der Waals surface area contributed by atoms with Crippen LogP contribution in [0.15, 0.2) is 39.5 Å². The number of nitrogens with one attached hydrogen (secondary N) is 1. The predicted molar refractivity (Wildman–Crippen MR) is 67.0 cm³/mol. The Balaban J connectivity index is 2.39. The maximum atomic E-state index is 11.8. The summed E-state index contributed by atoms with van der Waals surface area (Å²) in [6.45, 7) is 1.31. The molecule has 0 aliphatic carbocycles. The van der Waals surface area contributed by atoms with Crippen molar-refractivity contribution < 1.29 is 19.1 Å². The lowest BCUT2D eigenvalue weighted by atomic mass is 10.1. The van der Waals surface area contributed by atoms with Crippen LogP contribution in [0.4, 0.5) is 0 Å². The molecule has 6 nitrogen and oxygen atoms in total. The summed E-state index contributed by atoms with van der Waals surface area (Å²) >= 11 is 0. The third kappa shape index (κ3) is 2.62. The molecule has 2 aromatic rings. The van der Waals surface area contributed by atoms with Crippen LogP contribution in [-0.2, 0) is 4.79 Å². The molecule has 2 N–H and O–H groups in total. The topological polar surface area (TPSA) is 96.6 Å². The van der Waals surface area contributed by atoms with E-state index >= 15 is 0 Å². The molecule has 1 atom stereocenters. The molecule has 2 rings (SSSR count). The van der Waals surface area contributed by atoms with E-state index in [-0.39, 0.29) is 5.56 Å². The molecule has 19 heavy (non-hydrogen) atoms. The highest BCUT2D eigenvalue weighted by atomic mass is 16.4. The molecular formula is C13H11NO5. The zero-order chi connectivity index (χ0) is 14.0. The van der Waals surface area contributed by atoms with Gasteiger partial charge in [-0.3, -0.25) is 9.59 Å². The van der Waals surface area contributed by atoms with Crippen LogP contribution < -0.4 is 10.9 Å². The van der Waals surface area contributed by atoms with Gasteiger partial charge in [-0.05, 0) is 19.1 Å². The number of benzene rings is 1. The highest BCUT2D eigenvalue weighted by Gasteiger charge is 2.18. The summed E-state index contributed by atoms with van der Waals surface area (Å²) in [6, 6.07) is 7.04. The molecule has 0 aliphatic rings. The number of rotatable bonds is 3. The summed E-state index contributed by atoms with van der Waals surface area (Å²) in [5.41, 5.74) is -0.643. The van der Waals surface area contributed by atoms with E-state index < -0.39 is 23.5 Å². The van der Waals surface area contributed by atoms with Crippen molar-refractivity contribution in [1.82, 2.24) is 5.32 Å². The van der Waals surface area contributed by atoms with E-state index in [4.69, 9.17) is 9.52 Å². The van der Waals surface area contributed by atoms with Gasteiger partial charge in [0, 0.05) is 5.39 Å². The molecule has 1 aromatic heterocycles. The minimum absolute atomic E-state index is 0.216. The first kappa shape index (κ1) is 12.8. The van der Waals surface area contributed by atoms with Gasteiger partial charge in [-0.15, -0.1) is 0 Å². The maximum Gasteiger partial charge on any atom is 0.349 e. The number of fused-ring (bicyclic) bond motifs is 1. The van der Waals surface area contributed by atoms with E-state index in [9.17, 15) is 14.4 Å². The van der Waals surface area contributed by atoms with Crippen LogP contribution in [0.1, 0.15) is 17.3 Å². The lowest BCUT2D eigenvalue weighted by Gasteiger charge is -2.08. The normalized spacial score (nSPS) is 12.1. The number of para-hydroxylation sites is 1. The van der Waals surface area contributed by atoms with Crippen LogP contribution in [0.5, 0.6) is 0 Å². The average Bonchev–Trinajstić information content (AvgIpc) is 2.37. The number of carbonyl (C=O) groups is 2. The number of aliphatic carboxylic acids is 1. The average molecular weight is 261 g/mol. The van der Waals surface area contributed by atoms with Crippen molar-refractivity contribution >= 4 is 22.8 Å². The van der Waals surface area contributed by atoms with Gasteiger partial charge in [0.2, 0.25) is 0 Å². The molecular weight excluding hydrogens is 250 g/mol. The smallest absolute Gasteiger partial charge is 0.349 e. The summed E-state index contributed by atoms with van der Waals surface area (Å²) in [7, 11) is 0. The van der Waals surface area contributed by atoms with Crippen molar-refractivity contribution in [3.05, 3.63) is 46.3 Å².